The van der Waals surface area contributed by atoms with Crippen LogP contribution in [0.1, 0.15) is 30.4 Å². The van der Waals surface area contributed by atoms with Crippen LogP contribution in [0.2, 0.25) is 0 Å². The van der Waals surface area contributed by atoms with Gasteiger partial charge < -0.3 is 20.7 Å². The third-order valence-corrected chi connectivity index (χ3v) is 4.71. The molecule has 158 valence electrons. The number of halogens is 1. The second-order valence-corrected chi connectivity index (χ2v) is 6.95. The number of hydrogen-bond donors (Lipinski definition) is 2. The molecular formula is C20H29IN6O2. The Labute approximate surface area is 188 Å². The molecule has 1 amide bonds. The van der Waals surface area contributed by atoms with Crippen LogP contribution in [0.4, 0.5) is 0 Å². The largest absolute Gasteiger partial charge is 0.484 e. The first-order valence-corrected chi connectivity index (χ1v) is 9.57. The molecule has 3 N–H and O–H groups in total. The molecule has 1 aromatic carbocycles. The van der Waals surface area contributed by atoms with Crippen molar-refractivity contribution >= 4 is 35.8 Å². The number of ether oxygens (including phenoxy) is 1. The van der Waals surface area contributed by atoms with Crippen LogP contribution in [0.15, 0.2) is 41.7 Å². The number of carbonyl (C=O) groups is 1. The fourth-order valence-electron chi connectivity index (χ4n) is 3.36. The van der Waals surface area contributed by atoms with E-state index in [0.717, 1.165) is 37.6 Å². The SMILES string of the molecule is CCNC(=NCc1cccc(OCC(N)=O)c1)N1CCC(c2cnn(C)c2)C1.I. The number of hydrogen-bond acceptors (Lipinski definition) is 4. The van der Waals surface area contributed by atoms with E-state index in [-0.39, 0.29) is 30.6 Å². The first-order valence-electron chi connectivity index (χ1n) is 9.57. The Balaban J connectivity index is 0.00000300. The van der Waals surface area contributed by atoms with E-state index in [2.05, 4.69) is 28.4 Å². The van der Waals surface area contributed by atoms with Crippen molar-refractivity contribution in [2.75, 3.05) is 26.2 Å². The highest BCUT2D eigenvalue weighted by Crippen LogP contribution is 2.26. The summed E-state index contributed by atoms with van der Waals surface area (Å²) in [5, 5.41) is 7.68. The molecule has 2 aromatic rings. The van der Waals surface area contributed by atoms with Crippen LogP contribution in [0, 0.1) is 0 Å². The molecule has 1 fully saturated rings. The lowest BCUT2D eigenvalue weighted by Crippen LogP contribution is -2.40. The summed E-state index contributed by atoms with van der Waals surface area (Å²) in [6.07, 6.45) is 5.14. The quantitative estimate of drug-likeness (QED) is 0.336. The third kappa shape index (κ3) is 6.62. The Bertz CT molecular complexity index is 838. The van der Waals surface area contributed by atoms with Crippen LogP contribution in [0.5, 0.6) is 5.75 Å². The first kappa shape index (κ1) is 23.0. The summed E-state index contributed by atoms with van der Waals surface area (Å²) in [4.78, 5) is 18.0. The Kier molecular flexibility index (Phi) is 8.74. The van der Waals surface area contributed by atoms with Crippen LogP contribution in [-0.4, -0.2) is 52.8 Å². The number of aryl methyl sites for hydroxylation is 1. The van der Waals surface area contributed by atoms with Gasteiger partial charge in [-0.05, 0) is 36.6 Å². The standard InChI is InChI=1S/C20H28N6O2.HI/c1-3-22-20(26-8-7-16(13-26)17-11-24-25(2)12-17)23-10-15-5-4-6-18(9-15)28-14-19(21)27;/h4-6,9,11-12,16H,3,7-8,10,13-14H2,1-2H3,(H2,21,27)(H,22,23);1H. The minimum atomic E-state index is -0.491. The lowest BCUT2D eigenvalue weighted by atomic mass is 10.0. The number of likely N-dealkylation sites (tertiary alicyclic amines) is 1. The van der Waals surface area contributed by atoms with Gasteiger partial charge in [0.1, 0.15) is 5.75 Å². The number of nitrogens with two attached hydrogens (primary N) is 1. The van der Waals surface area contributed by atoms with Gasteiger partial charge in [-0.15, -0.1) is 24.0 Å². The summed E-state index contributed by atoms with van der Waals surface area (Å²) in [6, 6.07) is 7.58. The summed E-state index contributed by atoms with van der Waals surface area (Å²) in [7, 11) is 1.95. The van der Waals surface area contributed by atoms with Gasteiger partial charge >= 0.3 is 0 Å². The minimum absolute atomic E-state index is 0. The highest BCUT2D eigenvalue weighted by molar-refractivity contribution is 14.0. The number of nitrogens with one attached hydrogen (secondary N) is 1. The molecule has 8 nitrogen and oxygen atoms in total. The predicted molar refractivity (Wildman–Crippen MR) is 124 cm³/mol. The summed E-state index contributed by atoms with van der Waals surface area (Å²) in [5.41, 5.74) is 7.42. The first-order chi connectivity index (χ1) is 13.5. The van der Waals surface area contributed by atoms with Gasteiger partial charge in [-0.3, -0.25) is 9.48 Å². The van der Waals surface area contributed by atoms with Crippen molar-refractivity contribution in [2.24, 2.45) is 17.8 Å². The number of benzene rings is 1. The molecular weight excluding hydrogens is 483 g/mol. The molecule has 3 rings (SSSR count). The summed E-state index contributed by atoms with van der Waals surface area (Å²) >= 11 is 0. The van der Waals surface area contributed by atoms with E-state index >= 15 is 0 Å². The molecule has 0 saturated carbocycles. The van der Waals surface area contributed by atoms with Crippen LogP contribution in [-0.2, 0) is 18.4 Å². The molecule has 1 atom stereocenters. The molecule has 1 saturated heterocycles. The number of primary amides is 1. The summed E-state index contributed by atoms with van der Waals surface area (Å²) < 4.78 is 7.22. The van der Waals surface area contributed by atoms with E-state index in [1.807, 2.05) is 36.1 Å². The van der Waals surface area contributed by atoms with Crippen molar-refractivity contribution in [2.45, 2.75) is 25.8 Å². The molecule has 1 unspecified atom stereocenters. The number of amides is 1. The van der Waals surface area contributed by atoms with Gasteiger partial charge in [0, 0.05) is 38.8 Å². The minimum Gasteiger partial charge on any atom is -0.484 e. The zero-order chi connectivity index (χ0) is 19.9. The van der Waals surface area contributed by atoms with Crippen LogP contribution in [0.3, 0.4) is 0 Å². The predicted octanol–water partition coefficient (Wildman–Crippen LogP) is 1.86. The highest BCUT2D eigenvalue weighted by atomic mass is 127. The van der Waals surface area contributed by atoms with E-state index in [1.165, 1.54) is 5.56 Å². The van der Waals surface area contributed by atoms with E-state index in [1.54, 1.807) is 6.07 Å². The van der Waals surface area contributed by atoms with Crippen molar-refractivity contribution in [1.29, 1.82) is 0 Å². The Morgan fingerprint density at radius 2 is 2.28 bits per heavy atom. The lowest BCUT2D eigenvalue weighted by Gasteiger charge is -2.21. The molecule has 1 aliphatic heterocycles. The molecule has 2 heterocycles. The number of aliphatic imine (C=N–C) groups is 1. The number of carbonyl (C=O) groups excluding carboxylic acids is 1. The number of nitrogens with zero attached hydrogens (tertiary/aromatic N) is 4. The molecule has 1 aromatic heterocycles. The highest BCUT2D eigenvalue weighted by Gasteiger charge is 2.26. The number of aromatic nitrogens is 2. The van der Waals surface area contributed by atoms with Crippen molar-refractivity contribution in [1.82, 2.24) is 20.0 Å². The van der Waals surface area contributed by atoms with E-state index in [4.69, 9.17) is 15.5 Å². The number of guanidine groups is 1. The normalized spacial score (nSPS) is 16.4. The molecule has 0 radical (unpaired) electrons. The maximum Gasteiger partial charge on any atom is 0.255 e. The van der Waals surface area contributed by atoms with Gasteiger partial charge in [0.25, 0.3) is 5.91 Å². The Morgan fingerprint density at radius 3 is 2.97 bits per heavy atom. The van der Waals surface area contributed by atoms with Gasteiger partial charge in [0.15, 0.2) is 12.6 Å². The van der Waals surface area contributed by atoms with Gasteiger partial charge in [0.2, 0.25) is 0 Å². The van der Waals surface area contributed by atoms with Crippen molar-refractivity contribution < 1.29 is 9.53 Å². The second kappa shape index (κ2) is 11.0. The zero-order valence-electron chi connectivity index (χ0n) is 16.9. The maximum absolute atomic E-state index is 10.9. The van der Waals surface area contributed by atoms with Crippen molar-refractivity contribution in [3.05, 3.63) is 47.8 Å². The molecule has 29 heavy (non-hydrogen) atoms. The summed E-state index contributed by atoms with van der Waals surface area (Å²) in [6.45, 7) is 5.19. The fraction of sp³-hybridized carbons (Fsp3) is 0.450. The van der Waals surface area contributed by atoms with Crippen molar-refractivity contribution in [3.63, 3.8) is 0 Å². The zero-order valence-corrected chi connectivity index (χ0v) is 19.2. The molecule has 0 spiro atoms. The third-order valence-electron chi connectivity index (χ3n) is 4.71. The lowest BCUT2D eigenvalue weighted by molar-refractivity contribution is -0.119. The van der Waals surface area contributed by atoms with Crippen LogP contribution in [0.25, 0.3) is 0 Å². The van der Waals surface area contributed by atoms with Crippen molar-refractivity contribution in [3.8, 4) is 5.75 Å². The van der Waals surface area contributed by atoms with Gasteiger partial charge in [-0.25, -0.2) is 4.99 Å². The topological polar surface area (TPSA) is 97.8 Å². The van der Waals surface area contributed by atoms with Crippen LogP contribution >= 0.6 is 24.0 Å². The molecule has 0 aliphatic carbocycles. The maximum atomic E-state index is 10.9. The number of rotatable bonds is 7. The Morgan fingerprint density at radius 1 is 1.45 bits per heavy atom. The Hall–Kier alpha value is -2.30. The average Bonchev–Trinajstić information content (AvgIpc) is 3.33. The van der Waals surface area contributed by atoms with E-state index in [0.29, 0.717) is 18.2 Å². The van der Waals surface area contributed by atoms with Gasteiger partial charge in [-0.1, -0.05) is 12.1 Å². The average molecular weight is 512 g/mol. The van der Waals surface area contributed by atoms with Gasteiger partial charge in [0.05, 0.1) is 12.7 Å². The smallest absolute Gasteiger partial charge is 0.255 e. The summed E-state index contributed by atoms with van der Waals surface area (Å²) in [5.74, 6) is 1.52. The van der Waals surface area contributed by atoms with Gasteiger partial charge in [-0.2, -0.15) is 5.10 Å². The van der Waals surface area contributed by atoms with Crippen LogP contribution < -0.4 is 15.8 Å². The molecule has 9 heteroatoms. The molecule has 1 aliphatic rings. The molecule has 0 bridgehead atoms. The second-order valence-electron chi connectivity index (χ2n) is 6.95. The monoisotopic (exact) mass is 512 g/mol. The van der Waals surface area contributed by atoms with E-state index < -0.39 is 5.91 Å². The fourth-order valence-corrected chi connectivity index (χ4v) is 3.36. The van der Waals surface area contributed by atoms with E-state index in [9.17, 15) is 4.79 Å².